The van der Waals surface area contributed by atoms with Crippen LogP contribution in [0.2, 0.25) is 0 Å². The molecular formula is C26H23N3O5S2. The molecule has 0 atom stereocenters. The zero-order valence-electron chi connectivity index (χ0n) is 19.2. The van der Waals surface area contributed by atoms with E-state index < -0.39 is 10.0 Å². The summed E-state index contributed by atoms with van der Waals surface area (Å²) in [5, 5.41) is 4.66. The molecule has 4 aromatic rings. The molecule has 10 heteroatoms. The van der Waals surface area contributed by atoms with E-state index in [0.717, 1.165) is 11.1 Å². The van der Waals surface area contributed by atoms with E-state index in [1.807, 2.05) is 36.4 Å². The van der Waals surface area contributed by atoms with Crippen LogP contribution in [0.4, 0.5) is 10.8 Å². The highest BCUT2D eigenvalue weighted by atomic mass is 32.2. The van der Waals surface area contributed by atoms with Gasteiger partial charge in [0.2, 0.25) is 5.91 Å². The molecule has 36 heavy (non-hydrogen) atoms. The molecule has 0 bridgehead atoms. The lowest BCUT2D eigenvalue weighted by Crippen LogP contribution is -2.13. The summed E-state index contributed by atoms with van der Waals surface area (Å²) in [7, 11) is -2.20. The first-order chi connectivity index (χ1) is 17.4. The maximum absolute atomic E-state index is 12.4. The number of methoxy groups -OCH3 is 1. The maximum atomic E-state index is 12.4. The topological polar surface area (TPSA) is 107 Å². The number of anilines is 2. The van der Waals surface area contributed by atoms with Crippen LogP contribution in [0, 0.1) is 0 Å². The molecule has 2 N–H and O–H groups in total. The highest BCUT2D eigenvalue weighted by Gasteiger charge is 2.15. The molecule has 0 saturated carbocycles. The number of benzene rings is 3. The van der Waals surface area contributed by atoms with Crippen LogP contribution >= 0.6 is 11.3 Å². The molecule has 0 aliphatic rings. The van der Waals surface area contributed by atoms with Gasteiger partial charge in [-0.3, -0.25) is 9.52 Å². The highest BCUT2D eigenvalue weighted by Crippen LogP contribution is 2.29. The third kappa shape index (κ3) is 6.71. The molecule has 1 aromatic heterocycles. The quantitative estimate of drug-likeness (QED) is 0.279. The first kappa shape index (κ1) is 25.0. The number of nitrogens with one attached hydrogen (secondary N) is 2. The number of rotatable bonds is 10. The molecule has 0 fully saturated rings. The smallest absolute Gasteiger partial charge is 0.263 e. The second kappa shape index (κ2) is 11.5. The van der Waals surface area contributed by atoms with Gasteiger partial charge in [0, 0.05) is 23.3 Å². The molecule has 0 radical (unpaired) electrons. The van der Waals surface area contributed by atoms with Gasteiger partial charge in [-0.2, -0.15) is 0 Å². The molecule has 0 aliphatic heterocycles. The lowest BCUT2D eigenvalue weighted by molar-refractivity contribution is -0.111. The van der Waals surface area contributed by atoms with Gasteiger partial charge in [0.1, 0.15) is 6.61 Å². The van der Waals surface area contributed by atoms with Gasteiger partial charge in [0.15, 0.2) is 16.6 Å². The molecule has 1 heterocycles. The highest BCUT2D eigenvalue weighted by molar-refractivity contribution is 7.93. The maximum Gasteiger partial charge on any atom is 0.263 e. The predicted octanol–water partition coefficient (Wildman–Crippen LogP) is 5.18. The van der Waals surface area contributed by atoms with Crippen LogP contribution < -0.4 is 19.5 Å². The summed E-state index contributed by atoms with van der Waals surface area (Å²) in [6.45, 7) is 0.413. The Kier molecular flexibility index (Phi) is 7.99. The summed E-state index contributed by atoms with van der Waals surface area (Å²) in [6.07, 6.45) is 4.54. The van der Waals surface area contributed by atoms with Crippen LogP contribution in [0.3, 0.4) is 0 Å². The predicted molar refractivity (Wildman–Crippen MR) is 141 cm³/mol. The standard InChI is InChI=1S/C26H23N3O5S2/c1-33-24-17-19(7-13-23(24)34-18-20-5-3-2-4-6-20)8-14-25(30)28-21-9-11-22(12-10-21)36(31,32)29-26-27-15-16-35-26/h2-17H,18H2,1H3,(H,27,29)(H,28,30). The Hall–Kier alpha value is -4.15. The summed E-state index contributed by atoms with van der Waals surface area (Å²) < 4.78 is 38.5. The third-order valence-electron chi connectivity index (χ3n) is 4.94. The number of amides is 1. The lowest BCUT2D eigenvalue weighted by atomic mass is 10.2. The van der Waals surface area contributed by atoms with Crippen molar-refractivity contribution in [3.63, 3.8) is 0 Å². The van der Waals surface area contributed by atoms with Gasteiger partial charge in [-0.15, -0.1) is 11.3 Å². The molecule has 1 amide bonds. The first-order valence-corrected chi connectivity index (χ1v) is 13.2. The van der Waals surface area contributed by atoms with Crippen LogP contribution in [0.15, 0.2) is 95.3 Å². The Bertz CT molecular complexity index is 1440. The molecule has 0 aliphatic carbocycles. The largest absolute Gasteiger partial charge is 0.493 e. The van der Waals surface area contributed by atoms with Crippen molar-refractivity contribution in [1.29, 1.82) is 0 Å². The molecule has 0 unspecified atom stereocenters. The molecule has 0 spiro atoms. The first-order valence-electron chi connectivity index (χ1n) is 10.8. The van der Waals surface area contributed by atoms with Crippen LogP contribution in [0.1, 0.15) is 11.1 Å². The van der Waals surface area contributed by atoms with Gasteiger partial charge >= 0.3 is 0 Å². The number of sulfonamides is 1. The molecule has 184 valence electrons. The average molecular weight is 522 g/mol. The second-order valence-electron chi connectivity index (χ2n) is 7.47. The minimum atomic E-state index is -3.76. The fourth-order valence-electron chi connectivity index (χ4n) is 3.16. The molecule has 0 saturated heterocycles. The molecular weight excluding hydrogens is 498 g/mol. The van der Waals surface area contributed by atoms with E-state index in [4.69, 9.17) is 9.47 Å². The van der Waals surface area contributed by atoms with Crippen molar-refractivity contribution >= 4 is 44.2 Å². The van der Waals surface area contributed by atoms with Gasteiger partial charge in [0.25, 0.3) is 10.0 Å². The zero-order valence-corrected chi connectivity index (χ0v) is 20.9. The second-order valence-corrected chi connectivity index (χ2v) is 10.1. The van der Waals surface area contributed by atoms with E-state index in [0.29, 0.717) is 23.8 Å². The number of carbonyl (C=O) groups excluding carboxylic acids is 1. The minimum Gasteiger partial charge on any atom is -0.493 e. The van der Waals surface area contributed by atoms with Gasteiger partial charge in [-0.25, -0.2) is 13.4 Å². The van der Waals surface area contributed by atoms with Gasteiger partial charge in [-0.05, 0) is 53.6 Å². The van der Waals surface area contributed by atoms with Crippen molar-refractivity contribution < 1.29 is 22.7 Å². The Morgan fingerprint density at radius 2 is 1.81 bits per heavy atom. The fourth-order valence-corrected chi connectivity index (χ4v) is 4.95. The number of nitrogens with zero attached hydrogens (tertiary/aromatic N) is 1. The van der Waals surface area contributed by atoms with Gasteiger partial charge in [0.05, 0.1) is 12.0 Å². The number of thiazole rings is 1. The van der Waals surface area contributed by atoms with Crippen molar-refractivity contribution in [3.8, 4) is 11.5 Å². The molecule has 3 aromatic carbocycles. The zero-order chi connectivity index (χ0) is 25.4. The Labute approximate surface area is 213 Å². The van der Waals surface area contributed by atoms with E-state index in [1.54, 1.807) is 30.7 Å². The van der Waals surface area contributed by atoms with Gasteiger partial charge < -0.3 is 14.8 Å². The van der Waals surface area contributed by atoms with Crippen molar-refractivity contribution in [2.24, 2.45) is 0 Å². The summed E-state index contributed by atoms with van der Waals surface area (Å²) in [6, 6.07) is 21.1. The monoisotopic (exact) mass is 521 g/mol. The van der Waals surface area contributed by atoms with E-state index >= 15 is 0 Å². The molecule has 8 nitrogen and oxygen atoms in total. The van der Waals surface area contributed by atoms with Crippen LogP contribution in [0.25, 0.3) is 6.08 Å². The van der Waals surface area contributed by atoms with E-state index in [-0.39, 0.29) is 15.9 Å². The SMILES string of the molecule is COc1cc(C=CC(=O)Nc2ccc(S(=O)(=O)Nc3nccs3)cc2)ccc1OCc1ccccc1. The van der Waals surface area contributed by atoms with Crippen molar-refractivity contribution in [2.75, 3.05) is 17.1 Å². The number of hydrogen-bond donors (Lipinski definition) is 2. The number of aromatic nitrogens is 1. The average Bonchev–Trinajstić information content (AvgIpc) is 3.39. The minimum absolute atomic E-state index is 0.0629. The molecule has 4 rings (SSSR count). The number of ether oxygens (including phenoxy) is 2. The normalized spacial score (nSPS) is 11.2. The summed E-state index contributed by atoms with van der Waals surface area (Å²) in [5.41, 5.74) is 2.26. The lowest BCUT2D eigenvalue weighted by Gasteiger charge is -2.11. The summed E-state index contributed by atoms with van der Waals surface area (Å²) in [5.74, 6) is 0.786. The number of hydrogen-bond acceptors (Lipinski definition) is 7. The Balaban J connectivity index is 1.35. The van der Waals surface area contributed by atoms with Crippen molar-refractivity contribution in [1.82, 2.24) is 4.98 Å². The third-order valence-corrected chi connectivity index (χ3v) is 7.11. The Morgan fingerprint density at radius 1 is 1.03 bits per heavy atom. The summed E-state index contributed by atoms with van der Waals surface area (Å²) >= 11 is 1.18. The number of carbonyl (C=O) groups is 1. The van der Waals surface area contributed by atoms with Crippen molar-refractivity contribution in [2.45, 2.75) is 11.5 Å². The van der Waals surface area contributed by atoms with Crippen LogP contribution in [-0.2, 0) is 21.4 Å². The van der Waals surface area contributed by atoms with E-state index in [9.17, 15) is 13.2 Å². The van der Waals surface area contributed by atoms with E-state index in [2.05, 4.69) is 15.0 Å². The fraction of sp³-hybridized carbons (Fsp3) is 0.0769. The Morgan fingerprint density at radius 3 is 2.50 bits per heavy atom. The van der Waals surface area contributed by atoms with Crippen molar-refractivity contribution in [3.05, 3.63) is 102 Å². The summed E-state index contributed by atoms with van der Waals surface area (Å²) in [4.78, 5) is 16.3. The van der Waals surface area contributed by atoms with Crippen LogP contribution in [-0.4, -0.2) is 26.4 Å². The van der Waals surface area contributed by atoms with E-state index in [1.165, 1.54) is 47.9 Å². The van der Waals surface area contributed by atoms with Gasteiger partial charge in [-0.1, -0.05) is 36.4 Å². The van der Waals surface area contributed by atoms with Crippen LogP contribution in [0.5, 0.6) is 11.5 Å².